The zero-order chi connectivity index (χ0) is 16.6. The smallest absolute Gasteiger partial charge is 0.130 e. The molecule has 3 rings (SSSR count). The van der Waals surface area contributed by atoms with Crippen molar-refractivity contribution in [3.05, 3.63) is 53.6 Å². The van der Waals surface area contributed by atoms with Crippen LogP contribution >= 0.6 is 0 Å². The van der Waals surface area contributed by atoms with Gasteiger partial charge in [-0.3, -0.25) is 0 Å². The van der Waals surface area contributed by atoms with E-state index in [2.05, 4.69) is 6.92 Å². The maximum atomic E-state index is 11.7. The quantitative estimate of drug-likeness (QED) is 0.901. The molecule has 0 aromatic heterocycles. The van der Waals surface area contributed by atoms with E-state index in [4.69, 9.17) is 4.74 Å². The molecule has 0 radical (unpaired) electrons. The number of hydrogen-bond acceptors (Lipinski definition) is 4. The van der Waals surface area contributed by atoms with Crippen molar-refractivity contribution in [2.45, 2.75) is 32.3 Å². The predicted octanol–water partition coefficient (Wildman–Crippen LogP) is 3.93. The second-order valence-electron chi connectivity index (χ2n) is 6.22. The lowest BCUT2D eigenvalue weighted by Gasteiger charge is -2.38. The zero-order valence-electron chi connectivity index (χ0n) is 13.2. The molecule has 0 amide bonds. The first-order valence-corrected chi connectivity index (χ1v) is 7.73. The van der Waals surface area contributed by atoms with E-state index in [1.54, 1.807) is 37.3 Å². The van der Waals surface area contributed by atoms with Crippen LogP contribution in [0.5, 0.6) is 17.2 Å². The van der Waals surface area contributed by atoms with Crippen LogP contribution in [-0.2, 0) is 4.79 Å². The standard InChI is InChI=1S/C19H20O4/c1-11(20)9-16-12(2)19(13-3-5-14(21)6-4-13)23-18-8-7-15(22)10-17(16)18/h3-8,10,12,16,19,21-22H,9H2,1-2H3. The fourth-order valence-corrected chi connectivity index (χ4v) is 3.31. The molecule has 23 heavy (non-hydrogen) atoms. The summed E-state index contributed by atoms with van der Waals surface area (Å²) in [6.45, 7) is 3.64. The maximum absolute atomic E-state index is 11.7. The van der Waals surface area contributed by atoms with Gasteiger partial charge in [-0.05, 0) is 42.8 Å². The molecule has 0 spiro atoms. The molecule has 3 atom stereocenters. The molecule has 4 heteroatoms. The first kappa shape index (κ1) is 15.4. The summed E-state index contributed by atoms with van der Waals surface area (Å²) < 4.78 is 6.13. The molecule has 4 nitrogen and oxygen atoms in total. The van der Waals surface area contributed by atoms with Crippen LogP contribution in [-0.4, -0.2) is 16.0 Å². The number of fused-ring (bicyclic) bond motifs is 1. The number of Topliss-reactive ketones (excluding diaryl/α,β-unsaturated/α-hetero) is 1. The van der Waals surface area contributed by atoms with E-state index in [0.717, 1.165) is 11.1 Å². The summed E-state index contributed by atoms with van der Waals surface area (Å²) in [6, 6.07) is 12.0. The van der Waals surface area contributed by atoms with E-state index in [1.165, 1.54) is 0 Å². The molecule has 0 bridgehead atoms. The summed E-state index contributed by atoms with van der Waals surface area (Å²) in [5.41, 5.74) is 1.84. The van der Waals surface area contributed by atoms with Gasteiger partial charge in [-0.2, -0.15) is 0 Å². The Morgan fingerprint density at radius 3 is 2.39 bits per heavy atom. The number of benzene rings is 2. The summed E-state index contributed by atoms with van der Waals surface area (Å²) in [5.74, 6) is 1.26. The Morgan fingerprint density at radius 2 is 1.74 bits per heavy atom. The zero-order valence-corrected chi connectivity index (χ0v) is 13.2. The number of carbonyl (C=O) groups is 1. The summed E-state index contributed by atoms with van der Waals surface area (Å²) in [5, 5.41) is 19.2. The molecule has 0 saturated carbocycles. The molecule has 120 valence electrons. The fourth-order valence-electron chi connectivity index (χ4n) is 3.31. The number of carbonyl (C=O) groups excluding carboxylic acids is 1. The molecule has 2 aromatic rings. The lowest BCUT2D eigenvalue weighted by molar-refractivity contribution is -0.118. The molecular weight excluding hydrogens is 292 g/mol. The molecular formula is C19H20O4. The number of phenolic OH excluding ortho intramolecular Hbond substituents is 2. The van der Waals surface area contributed by atoms with Crippen molar-refractivity contribution in [3.63, 3.8) is 0 Å². The van der Waals surface area contributed by atoms with Crippen molar-refractivity contribution in [1.29, 1.82) is 0 Å². The van der Waals surface area contributed by atoms with Gasteiger partial charge in [-0.25, -0.2) is 0 Å². The highest BCUT2D eigenvalue weighted by Crippen LogP contribution is 2.48. The highest BCUT2D eigenvalue weighted by atomic mass is 16.5. The number of ketones is 1. The molecule has 1 heterocycles. The predicted molar refractivity (Wildman–Crippen MR) is 86.8 cm³/mol. The third-order valence-corrected chi connectivity index (χ3v) is 4.49. The normalized spacial score (nSPS) is 23.0. The van der Waals surface area contributed by atoms with E-state index >= 15 is 0 Å². The van der Waals surface area contributed by atoms with Crippen molar-refractivity contribution >= 4 is 5.78 Å². The van der Waals surface area contributed by atoms with Gasteiger partial charge in [-0.15, -0.1) is 0 Å². The van der Waals surface area contributed by atoms with Crippen LogP contribution in [0.3, 0.4) is 0 Å². The van der Waals surface area contributed by atoms with Crippen LogP contribution in [0.4, 0.5) is 0 Å². The monoisotopic (exact) mass is 312 g/mol. The Bertz CT molecular complexity index is 721. The second-order valence-corrected chi connectivity index (χ2v) is 6.22. The average Bonchev–Trinajstić information content (AvgIpc) is 2.51. The Labute approximate surface area is 135 Å². The van der Waals surface area contributed by atoms with Crippen LogP contribution in [0.1, 0.15) is 43.4 Å². The minimum absolute atomic E-state index is 0.0119. The molecule has 1 aliphatic heterocycles. The first-order chi connectivity index (χ1) is 11.0. The van der Waals surface area contributed by atoms with Crippen molar-refractivity contribution in [2.75, 3.05) is 0 Å². The molecule has 0 aliphatic carbocycles. The highest BCUT2D eigenvalue weighted by molar-refractivity contribution is 5.76. The molecule has 2 aromatic carbocycles. The van der Waals surface area contributed by atoms with Crippen LogP contribution in [0.15, 0.2) is 42.5 Å². The molecule has 0 saturated heterocycles. The van der Waals surface area contributed by atoms with E-state index < -0.39 is 0 Å². The Hall–Kier alpha value is -2.49. The van der Waals surface area contributed by atoms with Gasteiger partial charge in [0, 0.05) is 23.8 Å². The van der Waals surface area contributed by atoms with E-state index in [1.807, 2.05) is 12.1 Å². The number of hydrogen-bond donors (Lipinski definition) is 2. The Kier molecular flexibility index (Phi) is 3.99. The molecule has 1 aliphatic rings. The summed E-state index contributed by atoms with van der Waals surface area (Å²) >= 11 is 0. The summed E-state index contributed by atoms with van der Waals surface area (Å²) in [6.07, 6.45) is 0.215. The fraction of sp³-hybridized carbons (Fsp3) is 0.316. The van der Waals surface area contributed by atoms with Gasteiger partial charge in [0.15, 0.2) is 0 Å². The molecule has 2 N–H and O–H groups in total. The third kappa shape index (κ3) is 3.02. The van der Waals surface area contributed by atoms with Crippen molar-refractivity contribution < 1.29 is 19.7 Å². The third-order valence-electron chi connectivity index (χ3n) is 4.49. The topological polar surface area (TPSA) is 66.8 Å². The Morgan fingerprint density at radius 1 is 1.09 bits per heavy atom. The minimum Gasteiger partial charge on any atom is -0.508 e. The van der Waals surface area contributed by atoms with Crippen LogP contribution < -0.4 is 4.74 Å². The number of aromatic hydroxyl groups is 2. The minimum atomic E-state index is -0.197. The molecule has 3 unspecified atom stereocenters. The largest absolute Gasteiger partial charge is 0.508 e. The Balaban J connectivity index is 2.03. The van der Waals surface area contributed by atoms with E-state index in [0.29, 0.717) is 12.2 Å². The van der Waals surface area contributed by atoms with Crippen molar-refractivity contribution in [1.82, 2.24) is 0 Å². The summed E-state index contributed by atoms with van der Waals surface area (Å²) in [7, 11) is 0. The first-order valence-electron chi connectivity index (χ1n) is 7.73. The van der Waals surface area contributed by atoms with Crippen LogP contribution in [0, 0.1) is 5.92 Å². The van der Waals surface area contributed by atoms with Crippen LogP contribution in [0.25, 0.3) is 0 Å². The van der Waals surface area contributed by atoms with E-state index in [-0.39, 0.29) is 35.2 Å². The van der Waals surface area contributed by atoms with Gasteiger partial charge in [0.05, 0.1) is 0 Å². The van der Waals surface area contributed by atoms with Gasteiger partial charge in [0.1, 0.15) is 29.1 Å². The number of ether oxygens (including phenoxy) is 1. The van der Waals surface area contributed by atoms with Crippen molar-refractivity contribution in [3.8, 4) is 17.2 Å². The summed E-state index contributed by atoms with van der Waals surface area (Å²) in [4.78, 5) is 11.7. The molecule has 0 fully saturated rings. The lowest BCUT2D eigenvalue weighted by atomic mass is 9.76. The average molecular weight is 312 g/mol. The van der Waals surface area contributed by atoms with Gasteiger partial charge < -0.3 is 19.7 Å². The second kappa shape index (κ2) is 5.95. The SMILES string of the molecule is CC(=O)CC1c2cc(O)ccc2OC(c2ccc(O)cc2)C1C. The number of rotatable bonds is 3. The van der Waals surface area contributed by atoms with Crippen LogP contribution in [0.2, 0.25) is 0 Å². The highest BCUT2D eigenvalue weighted by Gasteiger charge is 2.37. The van der Waals surface area contributed by atoms with E-state index in [9.17, 15) is 15.0 Å². The van der Waals surface area contributed by atoms with Gasteiger partial charge in [0.25, 0.3) is 0 Å². The van der Waals surface area contributed by atoms with Gasteiger partial charge in [0.2, 0.25) is 0 Å². The maximum Gasteiger partial charge on any atom is 0.130 e. The lowest BCUT2D eigenvalue weighted by Crippen LogP contribution is -2.29. The van der Waals surface area contributed by atoms with Gasteiger partial charge >= 0.3 is 0 Å². The van der Waals surface area contributed by atoms with Crippen molar-refractivity contribution in [2.24, 2.45) is 5.92 Å². The number of phenols is 2. The van der Waals surface area contributed by atoms with Gasteiger partial charge in [-0.1, -0.05) is 19.1 Å².